The van der Waals surface area contributed by atoms with Crippen LogP contribution in [0.5, 0.6) is 0 Å². The highest BCUT2D eigenvalue weighted by molar-refractivity contribution is 5.07. The van der Waals surface area contributed by atoms with Crippen molar-refractivity contribution in [2.75, 3.05) is 7.05 Å². The lowest BCUT2D eigenvalue weighted by atomic mass is 10.1. The smallest absolute Gasteiger partial charge is 0.122 e. The fourth-order valence-electron chi connectivity index (χ4n) is 1.80. The molecular formula is C9H15N3. The van der Waals surface area contributed by atoms with Crippen LogP contribution >= 0.6 is 0 Å². The maximum absolute atomic E-state index is 4.39. The summed E-state index contributed by atoms with van der Waals surface area (Å²) in [6, 6.07) is 0. The van der Waals surface area contributed by atoms with Crippen LogP contribution in [0.4, 0.5) is 0 Å². The molecule has 2 rings (SSSR count). The highest BCUT2D eigenvalue weighted by Crippen LogP contribution is 2.15. The van der Waals surface area contributed by atoms with Crippen LogP contribution in [0.2, 0.25) is 0 Å². The van der Waals surface area contributed by atoms with E-state index < -0.39 is 0 Å². The van der Waals surface area contributed by atoms with Crippen LogP contribution in [-0.2, 0) is 19.5 Å². The molecule has 0 aromatic carbocycles. The molecule has 0 atom stereocenters. The average molecular weight is 165 g/mol. The molecule has 1 aliphatic rings. The quantitative estimate of drug-likeness (QED) is 0.706. The predicted octanol–water partition coefficient (Wildman–Crippen LogP) is 0.939. The number of fused-ring (bicyclic) bond motifs is 1. The van der Waals surface area contributed by atoms with Gasteiger partial charge in [0.1, 0.15) is 5.82 Å². The first-order chi connectivity index (χ1) is 5.92. The molecule has 0 radical (unpaired) electrons. The van der Waals surface area contributed by atoms with Gasteiger partial charge in [0.25, 0.3) is 0 Å². The van der Waals surface area contributed by atoms with Crippen molar-refractivity contribution in [1.82, 2.24) is 14.9 Å². The van der Waals surface area contributed by atoms with Crippen molar-refractivity contribution in [3.05, 3.63) is 17.7 Å². The summed E-state index contributed by atoms with van der Waals surface area (Å²) in [5.41, 5.74) is 1.41. The Balaban J connectivity index is 2.25. The van der Waals surface area contributed by atoms with Gasteiger partial charge in [-0.3, -0.25) is 0 Å². The van der Waals surface area contributed by atoms with E-state index in [1.54, 1.807) is 0 Å². The predicted molar refractivity (Wildman–Crippen MR) is 47.9 cm³/mol. The molecule has 0 unspecified atom stereocenters. The van der Waals surface area contributed by atoms with E-state index in [1.807, 2.05) is 13.2 Å². The van der Waals surface area contributed by atoms with E-state index in [0.29, 0.717) is 0 Å². The Morgan fingerprint density at radius 1 is 1.58 bits per heavy atom. The number of rotatable bonds is 2. The fraction of sp³-hybridized carbons (Fsp3) is 0.667. The van der Waals surface area contributed by atoms with Crippen LogP contribution in [0, 0.1) is 0 Å². The highest BCUT2D eigenvalue weighted by atomic mass is 15.1. The minimum absolute atomic E-state index is 0.889. The molecule has 0 amide bonds. The molecule has 0 saturated carbocycles. The van der Waals surface area contributed by atoms with Gasteiger partial charge >= 0.3 is 0 Å². The van der Waals surface area contributed by atoms with E-state index in [2.05, 4.69) is 14.9 Å². The first-order valence-corrected chi connectivity index (χ1v) is 4.59. The van der Waals surface area contributed by atoms with Gasteiger partial charge in [-0.1, -0.05) is 0 Å². The van der Waals surface area contributed by atoms with Gasteiger partial charge in [0, 0.05) is 18.4 Å². The molecule has 3 heteroatoms. The maximum Gasteiger partial charge on any atom is 0.122 e. The van der Waals surface area contributed by atoms with Crippen molar-refractivity contribution in [1.29, 1.82) is 0 Å². The molecule has 0 bridgehead atoms. The second-order valence-electron chi connectivity index (χ2n) is 3.30. The minimum atomic E-state index is 0.889. The summed E-state index contributed by atoms with van der Waals surface area (Å²) in [7, 11) is 1.96. The number of aromatic nitrogens is 2. The van der Waals surface area contributed by atoms with Gasteiger partial charge in [-0.25, -0.2) is 4.98 Å². The molecule has 0 saturated heterocycles. The van der Waals surface area contributed by atoms with Crippen molar-refractivity contribution in [3.63, 3.8) is 0 Å². The SMILES string of the molecule is CNCc1ncc2n1CCCC2. The molecule has 3 nitrogen and oxygen atoms in total. The van der Waals surface area contributed by atoms with Gasteiger partial charge in [0.2, 0.25) is 0 Å². The largest absolute Gasteiger partial charge is 0.331 e. The second kappa shape index (κ2) is 3.27. The van der Waals surface area contributed by atoms with Gasteiger partial charge in [-0.2, -0.15) is 0 Å². The first-order valence-electron chi connectivity index (χ1n) is 4.59. The topological polar surface area (TPSA) is 29.9 Å². The summed E-state index contributed by atoms with van der Waals surface area (Å²) in [6.45, 7) is 2.05. The Morgan fingerprint density at radius 3 is 3.33 bits per heavy atom. The molecule has 0 aliphatic carbocycles. The Morgan fingerprint density at radius 2 is 2.50 bits per heavy atom. The van der Waals surface area contributed by atoms with E-state index in [4.69, 9.17) is 0 Å². The van der Waals surface area contributed by atoms with Crippen LogP contribution in [-0.4, -0.2) is 16.6 Å². The van der Waals surface area contributed by atoms with E-state index in [9.17, 15) is 0 Å². The van der Waals surface area contributed by atoms with Crippen LogP contribution < -0.4 is 5.32 Å². The van der Waals surface area contributed by atoms with Crippen molar-refractivity contribution >= 4 is 0 Å². The van der Waals surface area contributed by atoms with Crippen LogP contribution in [0.15, 0.2) is 6.20 Å². The average Bonchev–Trinajstić information content (AvgIpc) is 2.50. The summed E-state index contributed by atoms with van der Waals surface area (Å²) in [5, 5.41) is 3.14. The monoisotopic (exact) mass is 165 g/mol. The number of nitrogens with zero attached hydrogens (tertiary/aromatic N) is 2. The Kier molecular flexibility index (Phi) is 2.13. The summed E-state index contributed by atoms with van der Waals surface area (Å²) in [4.78, 5) is 4.39. The van der Waals surface area contributed by atoms with Crippen LogP contribution in [0.1, 0.15) is 24.4 Å². The lowest BCUT2D eigenvalue weighted by Crippen LogP contribution is -2.16. The molecule has 12 heavy (non-hydrogen) atoms. The van der Waals surface area contributed by atoms with E-state index in [1.165, 1.54) is 30.8 Å². The molecule has 1 N–H and O–H groups in total. The summed E-state index contributed by atoms with van der Waals surface area (Å²) < 4.78 is 2.35. The molecule has 1 aromatic rings. The van der Waals surface area contributed by atoms with Gasteiger partial charge < -0.3 is 9.88 Å². The van der Waals surface area contributed by atoms with Crippen LogP contribution in [0.3, 0.4) is 0 Å². The lowest BCUT2D eigenvalue weighted by Gasteiger charge is -2.16. The number of nitrogens with one attached hydrogen (secondary N) is 1. The number of imidazole rings is 1. The maximum atomic E-state index is 4.39. The van der Waals surface area contributed by atoms with Gasteiger partial charge in [-0.05, 0) is 26.3 Å². The minimum Gasteiger partial charge on any atom is -0.331 e. The summed E-state index contributed by atoms with van der Waals surface area (Å²) in [5.74, 6) is 1.19. The summed E-state index contributed by atoms with van der Waals surface area (Å²) >= 11 is 0. The molecule has 2 heterocycles. The number of aryl methyl sites for hydroxylation is 1. The molecule has 1 aliphatic heterocycles. The normalized spacial score (nSPS) is 16.1. The highest BCUT2D eigenvalue weighted by Gasteiger charge is 2.12. The third-order valence-corrected chi connectivity index (χ3v) is 2.42. The van der Waals surface area contributed by atoms with Gasteiger partial charge in [0.05, 0.1) is 6.54 Å². The molecule has 1 aromatic heterocycles. The first kappa shape index (κ1) is 7.80. The van der Waals surface area contributed by atoms with E-state index in [-0.39, 0.29) is 0 Å². The lowest BCUT2D eigenvalue weighted by molar-refractivity contribution is 0.508. The zero-order valence-electron chi connectivity index (χ0n) is 7.51. The van der Waals surface area contributed by atoms with Crippen molar-refractivity contribution in [3.8, 4) is 0 Å². The second-order valence-corrected chi connectivity index (χ2v) is 3.30. The summed E-state index contributed by atoms with van der Waals surface area (Å²) in [6.07, 6.45) is 5.85. The van der Waals surface area contributed by atoms with Crippen molar-refractivity contribution < 1.29 is 0 Å². The standard InChI is InChI=1S/C9H15N3/c1-10-7-9-11-6-8-4-2-3-5-12(8)9/h6,10H,2-5,7H2,1H3. The van der Waals surface area contributed by atoms with Gasteiger partial charge in [0.15, 0.2) is 0 Å². The van der Waals surface area contributed by atoms with Crippen LogP contribution in [0.25, 0.3) is 0 Å². The van der Waals surface area contributed by atoms with Crippen molar-refractivity contribution in [2.45, 2.75) is 32.4 Å². The molecule has 0 spiro atoms. The third-order valence-electron chi connectivity index (χ3n) is 2.42. The third kappa shape index (κ3) is 1.25. The fourth-order valence-corrected chi connectivity index (χ4v) is 1.80. The number of hydrogen-bond donors (Lipinski definition) is 1. The molecular weight excluding hydrogens is 150 g/mol. The van der Waals surface area contributed by atoms with Gasteiger partial charge in [-0.15, -0.1) is 0 Å². The zero-order valence-corrected chi connectivity index (χ0v) is 7.51. The van der Waals surface area contributed by atoms with Crippen molar-refractivity contribution in [2.24, 2.45) is 0 Å². The van der Waals surface area contributed by atoms with E-state index >= 15 is 0 Å². The van der Waals surface area contributed by atoms with E-state index in [0.717, 1.165) is 13.1 Å². The number of hydrogen-bond acceptors (Lipinski definition) is 2. The Bertz CT molecular complexity index is 265. The molecule has 66 valence electrons. The zero-order chi connectivity index (χ0) is 8.39. The Labute approximate surface area is 72.8 Å². The molecule has 0 fully saturated rings. The Hall–Kier alpha value is -0.830.